The third-order valence-electron chi connectivity index (χ3n) is 2.52. The monoisotopic (exact) mass is 213 g/mol. The predicted molar refractivity (Wildman–Crippen MR) is 60.3 cm³/mol. The molecule has 0 radical (unpaired) electrons. The van der Waals surface area contributed by atoms with Gasteiger partial charge in [-0.3, -0.25) is 4.98 Å². The first-order valence-electron chi connectivity index (χ1n) is 5.19. The van der Waals surface area contributed by atoms with Crippen molar-refractivity contribution in [3.63, 3.8) is 0 Å². The molecule has 80 valence electrons. The van der Waals surface area contributed by atoms with Gasteiger partial charge in [-0.05, 0) is 24.3 Å². The largest absolute Gasteiger partial charge is 0.474 e. The molecule has 3 heterocycles. The van der Waals surface area contributed by atoms with E-state index in [1.54, 1.807) is 6.20 Å². The fourth-order valence-electron chi connectivity index (χ4n) is 1.71. The maximum atomic E-state index is 5.54. The predicted octanol–water partition coefficient (Wildman–Crippen LogP) is 1.93. The maximum Gasteiger partial charge on any atom is 0.236 e. The lowest BCUT2D eigenvalue weighted by atomic mass is 10.2. The van der Waals surface area contributed by atoms with Crippen molar-refractivity contribution in [1.82, 2.24) is 9.97 Å². The van der Waals surface area contributed by atoms with Crippen molar-refractivity contribution in [3.05, 3.63) is 54.1 Å². The van der Waals surface area contributed by atoms with Crippen LogP contribution in [0.5, 0.6) is 0 Å². The molecule has 1 atom stereocenters. The van der Waals surface area contributed by atoms with Crippen LogP contribution in [0.1, 0.15) is 17.4 Å². The third-order valence-corrected chi connectivity index (χ3v) is 2.52. The Morgan fingerprint density at radius 2 is 2.25 bits per heavy atom. The zero-order valence-corrected chi connectivity index (χ0v) is 8.63. The first-order chi connectivity index (χ1) is 7.93. The SMILES string of the molecule is c1ccc(C2=NC(c3ccc[nH]3)CO2)nc1. The molecular formula is C12H11N3O. The Hall–Kier alpha value is -2.10. The van der Waals surface area contributed by atoms with E-state index in [0.29, 0.717) is 12.5 Å². The van der Waals surface area contributed by atoms with Gasteiger partial charge in [-0.25, -0.2) is 4.99 Å². The minimum atomic E-state index is 0.0620. The molecular weight excluding hydrogens is 202 g/mol. The summed E-state index contributed by atoms with van der Waals surface area (Å²) < 4.78 is 5.54. The highest BCUT2D eigenvalue weighted by molar-refractivity contribution is 5.93. The van der Waals surface area contributed by atoms with Gasteiger partial charge in [0.1, 0.15) is 18.3 Å². The van der Waals surface area contributed by atoms with E-state index in [-0.39, 0.29) is 6.04 Å². The molecule has 0 spiro atoms. The lowest BCUT2D eigenvalue weighted by Gasteiger charge is -2.00. The Morgan fingerprint density at radius 3 is 3.00 bits per heavy atom. The average molecular weight is 213 g/mol. The average Bonchev–Trinajstić information content (AvgIpc) is 3.01. The zero-order valence-electron chi connectivity index (χ0n) is 8.63. The van der Waals surface area contributed by atoms with Crippen LogP contribution in [0.2, 0.25) is 0 Å². The molecule has 0 amide bonds. The molecule has 0 fully saturated rings. The molecule has 2 aromatic heterocycles. The standard InChI is InChI=1S/C12H11N3O/c1-2-6-14-10(4-1)12-15-11(8-16-12)9-5-3-7-13-9/h1-7,11,13H,8H2. The van der Waals surface area contributed by atoms with Crippen molar-refractivity contribution < 1.29 is 4.74 Å². The highest BCUT2D eigenvalue weighted by Crippen LogP contribution is 2.22. The Labute approximate surface area is 93.0 Å². The van der Waals surface area contributed by atoms with E-state index in [1.807, 2.05) is 36.5 Å². The molecule has 1 aliphatic heterocycles. The summed E-state index contributed by atoms with van der Waals surface area (Å²) in [6.07, 6.45) is 3.63. The molecule has 0 aromatic carbocycles. The quantitative estimate of drug-likeness (QED) is 0.828. The molecule has 1 aliphatic rings. The lowest BCUT2D eigenvalue weighted by Crippen LogP contribution is -2.03. The number of pyridine rings is 1. The highest BCUT2D eigenvalue weighted by Gasteiger charge is 2.22. The summed E-state index contributed by atoms with van der Waals surface area (Å²) in [6, 6.07) is 9.74. The van der Waals surface area contributed by atoms with Gasteiger partial charge in [0.15, 0.2) is 0 Å². The van der Waals surface area contributed by atoms with Crippen LogP contribution in [-0.2, 0) is 4.74 Å². The maximum absolute atomic E-state index is 5.54. The summed E-state index contributed by atoms with van der Waals surface area (Å²) in [5.74, 6) is 0.625. The van der Waals surface area contributed by atoms with Crippen molar-refractivity contribution in [2.45, 2.75) is 6.04 Å². The molecule has 1 N–H and O–H groups in total. The topological polar surface area (TPSA) is 50.3 Å². The van der Waals surface area contributed by atoms with Gasteiger partial charge in [0.2, 0.25) is 5.90 Å². The second-order valence-electron chi connectivity index (χ2n) is 3.60. The molecule has 4 heteroatoms. The number of aromatic nitrogens is 2. The third kappa shape index (κ3) is 1.58. The van der Waals surface area contributed by atoms with Crippen LogP contribution in [0.15, 0.2) is 47.7 Å². The molecule has 4 nitrogen and oxygen atoms in total. The van der Waals surface area contributed by atoms with Crippen molar-refractivity contribution in [2.24, 2.45) is 4.99 Å². The summed E-state index contributed by atoms with van der Waals surface area (Å²) in [5, 5.41) is 0. The normalized spacial score (nSPS) is 19.2. The Kier molecular flexibility index (Phi) is 2.18. The number of hydrogen-bond acceptors (Lipinski definition) is 3. The number of hydrogen-bond donors (Lipinski definition) is 1. The Morgan fingerprint density at radius 1 is 1.25 bits per heavy atom. The van der Waals surface area contributed by atoms with Crippen LogP contribution >= 0.6 is 0 Å². The van der Waals surface area contributed by atoms with Gasteiger partial charge < -0.3 is 9.72 Å². The number of aliphatic imine (C=N–C) groups is 1. The minimum Gasteiger partial charge on any atom is -0.474 e. The van der Waals surface area contributed by atoms with Crippen molar-refractivity contribution >= 4 is 5.90 Å². The molecule has 0 aliphatic carbocycles. The van der Waals surface area contributed by atoms with E-state index in [9.17, 15) is 0 Å². The van der Waals surface area contributed by atoms with Gasteiger partial charge in [-0.1, -0.05) is 6.07 Å². The second kappa shape index (κ2) is 3.81. The molecule has 16 heavy (non-hydrogen) atoms. The van der Waals surface area contributed by atoms with Crippen LogP contribution in [0.3, 0.4) is 0 Å². The van der Waals surface area contributed by atoms with Crippen LogP contribution < -0.4 is 0 Å². The van der Waals surface area contributed by atoms with Crippen molar-refractivity contribution in [3.8, 4) is 0 Å². The van der Waals surface area contributed by atoms with E-state index >= 15 is 0 Å². The van der Waals surface area contributed by atoms with Gasteiger partial charge in [-0.2, -0.15) is 0 Å². The van der Waals surface area contributed by atoms with Crippen molar-refractivity contribution in [2.75, 3.05) is 6.61 Å². The van der Waals surface area contributed by atoms with Gasteiger partial charge in [0, 0.05) is 18.1 Å². The van der Waals surface area contributed by atoms with Crippen LogP contribution in [0.25, 0.3) is 0 Å². The van der Waals surface area contributed by atoms with Gasteiger partial charge in [0.05, 0.1) is 0 Å². The highest BCUT2D eigenvalue weighted by atomic mass is 16.5. The summed E-state index contributed by atoms with van der Waals surface area (Å²) in [4.78, 5) is 11.9. The molecule has 0 saturated carbocycles. The summed E-state index contributed by atoms with van der Waals surface area (Å²) in [7, 11) is 0. The van der Waals surface area contributed by atoms with E-state index in [0.717, 1.165) is 11.4 Å². The first-order valence-corrected chi connectivity index (χ1v) is 5.19. The zero-order chi connectivity index (χ0) is 10.8. The van der Waals surface area contributed by atoms with Gasteiger partial charge in [0.25, 0.3) is 0 Å². The fraction of sp³-hybridized carbons (Fsp3) is 0.167. The second-order valence-corrected chi connectivity index (χ2v) is 3.60. The number of H-pyrrole nitrogens is 1. The summed E-state index contributed by atoms with van der Waals surface area (Å²) in [6.45, 7) is 0.576. The smallest absolute Gasteiger partial charge is 0.236 e. The first kappa shape index (κ1) is 9.15. The van der Waals surface area contributed by atoms with E-state index in [4.69, 9.17) is 4.74 Å². The molecule has 3 rings (SSSR count). The van der Waals surface area contributed by atoms with Crippen LogP contribution in [0.4, 0.5) is 0 Å². The van der Waals surface area contributed by atoms with Crippen molar-refractivity contribution in [1.29, 1.82) is 0 Å². The number of ether oxygens (including phenoxy) is 1. The number of nitrogens with zero attached hydrogens (tertiary/aromatic N) is 2. The van der Waals surface area contributed by atoms with Crippen LogP contribution in [0, 0.1) is 0 Å². The molecule has 1 unspecified atom stereocenters. The summed E-state index contributed by atoms with van der Waals surface area (Å²) in [5.41, 5.74) is 1.86. The Balaban J connectivity index is 1.87. The summed E-state index contributed by atoms with van der Waals surface area (Å²) >= 11 is 0. The molecule has 0 saturated heterocycles. The lowest BCUT2D eigenvalue weighted by molar-refractivity contribution is 0.317. The molecule has 0 bridgehead atoms. The fourth-order valence-corrected chi connectivity index (χ4v) is 1.71. The van der Waals surface area contributed by atoms with E-state index in [2.05, 4.69) is 15.0 Å². The van der Waals surface area contributed by atoms with Crippen LogP contribution in [-0.4, -0.2) is 22.5 Å². The van der Waals surface area contributed by atoms with Gasteiger partial charge in [-0.15, -0.1) is 0 Å². The molecule has 2 aromatic rings. The number of nitrogens with one attached hydrogen (secondary N) is 1. The minimum absolute atomic E-state index is 0.0620. The number of aromatic amines is 1. The van der Waals surface area contributed by atoms with E-state index in [1.165, 1.54) is 0 Å². The van der Waals surface area contributed by atoms with Gasteiger partial charge >= 0.3 is 0 Å². The van der Waals surface area contributed by atoms with E-state index < -0.39 is 0 Å². The number of rotatable bonds is 2. The Bertz CT molecular complexity index is 490.